The molecule has 0 spiro atoms. The summed E-state index contributed by atoms with van der Waals surface area (Å²) in [6, 6.07) is 1.37. The Bertz CT molecular complexity index is 312. The number of fused-ring (bicyclic) bond motifs is 2. The van der Waals surface area contributed by atoms with Crippen molar-refractivity contribution >= 4 is 0 Å². The van der Waals surface area contributed by atoms with Crippen LogP contribution in [0.5, 0.6) is 0 Å². The predicted molar refractivity (Wildman–Crippen MR) is 53.9 cm³/mol. The molecule has 0 aliphatic carbocycles. The maximum absolute atomic E-state index is 12.5. The average molecular weight is 248 g/mol. The molecule has 6 heteroatoms. The lowest BCUT2D eigenvalue weighted by Gasteiger charge is -2.38. The lowest BCUT2D eigenvalue weighted by atomic mass is 9.98. The third-order valence-electron chi connectivity index (χ3n) is 3.80. The Morgan fingerprint density at radius 3 is 2.24 bits per heavy atom. The van der Waals surface area contributed by atoms with Crippen LogP contribution in [-0.4, -0.2) is 40.9 Å². The molecule has 0 aromatic heterocycles. The molecule has 3 unspecified atom stereocenters. The lowest BCUT2D eigenvalue weighted by Crippen LogP contribution is -2.48. The number of aliphatic hydroxyl groups is 1. The van der Waals surface area contributed by atoms with Crippen molar-refractivity contribution < 1.29 is 18.3 Å². The summed E-state index contributed by atoms with van der Waals surface area (Å²) in [6.07, 6.45) is -2.12. The van der Waals surface area contributed by atoms with Gasteiger partial charge < -0.3 is 5.11 Å². The molecule has 2 aliphatic heterocycles. The molecule has 2 fully saturated rings. The fourth-order valence-corrected chi connectivity index (χ4v) is 2.97. The van der Waals surface area contributed by atoms with E-state index < -0.39 is 18.2 Å². The summed E-state index contributed by atoms with van der Waals surface area (Å²) >= 11 is 0. The van der Waals surface area contributed by atoms with E-state index in [0.29, 0.717) is 12.8 Å². The maximum atomic E-state index is 12.5. The largest absolute Gasteiger partial charge is 0.405 e. The number of piperidine rings is 1. The van der Waals surface area contributed by atoms with Crippen LogP contribution < -0.4 is 0 Å². The first-order valence-electron chi connectivity index (χ1n) is 5.82. The standard InChI is InChI=1S/C11H15F3N2O/c12-11(13,14)7(5-15)6-16-8-1-2-9(16)4-10(17)3-8/h7-10,17H,1-4,6H2. The minimum atomic E-state index is -4.45. The van der Waals surface area contributed by atoms with E-state index in [1.54, 1.807) is 4.90 Å². The van der Waals surface area contributed by atoms with Crippen molar-refractivity contribution in [2.24, 2.45) is 5.92 Å². The summed E-state index contributed by atoms with van der Waals surface area (Å²) in [5.74, 6) is -1.92. The van der Waals surface area contributed by atoms with Crippen LogP contribution in [0.15, 0.2) is 0 Å². The topological polar surface area (TPSA) is 47.3 Å². The van der Waals surface area contributed by atoms with E-state index in [4.69, 9.17) is 5.26 Å². The summed E-state index contributed by atoms with van der Waals surface area (Å²) in [6.45, 7) is -0.248. The molecule has 17 heavy (non-hydrogen) atoms. The zero-order valence-electron chi connectivity index (χ0n) is 9.32. The van der Waals surface area contributed by atoms with E-state index in [2.05, 4.69) is 0 Å². The molecule has 2 rings (SSSR count). The molecule has 0 aromatic carbocycles. The van der Waals surface area contributed by atoms with Gasteiger partial charge in [0.25, 0.3) is 0 Å². The molecule has 0 amide bonds. The monoisotopic (exact) mass is 248 g/mol. The number of alkyl halides is 3. The highest BCUT2D eigenvalue weighted by Crippen LogP contribution is 2.38. The molecule has 3 atom stereocenters. The van der Waals surface area contributed by atoms with Crippen LogP contribution in [0.4, 0.5) is 13.2 Å². The Hall–Kier alpha value is -0.800. The van der Waals surface area contributed by atoms with Gasteiger partial charge in [0.15, 0.2) is 5.92 Å². The minimum absolute atomic E-state index is 0.0157. The molecule has 2 heterocycles. The third kappa shape index (κ3) is 2.55. The van der Waals surface area contributed by atoms with Gasteiger partial charge in [0.2, 0.25) is 0 Å². The number of hydrogen-bond acceptors (Lipinski definition) is 3. The van der Waals surface area contributed by atoms with Crippen molar-refractivity contribution in [3.63, 3.8) is 0 Å². The van der Waals surface area contributed by atoms with Gasteiger partial charge in [0.05, 0.1) is 12.2 Å². The van der Waals surface area contributed by atoms with E-state index in [1.165, 1.54) is 6.07 Å². The normalized spacial score (nSPS) is 35.6. The smallest absolute Gasteiger partial charge is 0.393 e. The first-order valence-corrected chi connectivity index (χ1v) is 5.82. The van der Waals surface area contributed by atoms with Crippen LogP contribution in [0, 0.1) is 17.2 Å². The van der Waals surface area contributed by atoms with Crippen LogP contribution in [0.1, 0.15) is 25.7 Å². The van der Waals surface area contributed by atoms with E-state index in [-0.39, 0.29) is 18.6 Å². The Balaban J connectivity index is 2.03. The molecule has 3 nitrogen and oxygen atoms in total. The molecular formula is C11H15F3N2O. The number of nitriles is 1. The van der Waals surface area contributed by atoms with Crippen LogP contribution in [0.25, 0.3) is 0 Å². The Morgan fingerprint density at radius 2 is 1.82 bits per heavy atom. The second kappa shape index (κ2) is 4.46. The van der Waals surface area contributed by atoms with Crippen molar-refractivity contribution in [1.82, 2.24) is 4.90 Å². The van der Waals surface area contributed by atoms with Gasteiger partial charge in [-0.05, 0) is 25.7 Å². The van der Waals surface area contributed by atoms with Crippen molar-refractivity contribution in [1.29, 1.82) is 5.26 Å². The number of nitrogens with zero attached hydrogens (tertiary/aromatic N) is 2. The zero-order valence-corrected chi connectivity index (χ0v) is 9.32. The Kier molecular flexibility index (Phi) is 3.32. The van der Waals surface area contributed by atoms with E-state index in [9.17, 15) is 18.3 Å². The minimum Gasteiger partial charge on any atom is -0.393 e. The summed E-state index contributed by atoms with van der Waals surface area (Å²) in [4.78, 5) is 1.77. The van der Waals surface area contributed by atoms with Crippen LogP contribution in [-0.2, 0) is 0 Å². The fourth-order valence-electron chi connectivity index (χ4n) is 2.97. The quantitative estimate of drug-likeness (QED) is 0.808. The van der Waals surface area contributed by atoms with Gasteiger partial charge in [-0.25, -0.2) is 0 Å². The number of halogens is 3. The van der Waals surface area contributed by atoms with E-state index >= 15 is 0 Å². The first kappa shape index (κ1) is 12.7. The number of rotatable bonds is 2. The molecule has 2 saturated heterocycles. The Morgan fingerprint density at radius 1 is 1.29 bits per heavy atom. The zero-order chi connectivity index (χ0) is 12.6. The van der Waals surface area contributed by atoms with Crippen LogP contribution in [0.2, 0.25) is 0 Å². The van der Waals surface area contributed by atoms with Crippen LogP contribution >= 0.6 is 0 Å². The molecule has 0 saturated carbocycles. The van der Waals surface area contributed by atoms with Gasteiger partial charge in [-0.2, -0.15) is 18.4 Å². The van der Waals surface area contributed by atoms with Crippen molar-refractivity contribution in [3.05, 3.63) is 0 Å². The second-order valence-electron chi connectivity index (χ2n) is 4.93. The molecule has 0 radical (unpaired) electrons. The van der Waals surface area contributed by atoms with E-state index in [1.807, 2.05) is 0 Å². The van der Waals surface area contributed by atoms with Gasteiger partial charge in [0, 0.05) is 18.6 Å². The molecular weight excluding hydrogens is 233 g/mol. The summed E-state index contributed by atoms with van der Waals surface area (Å²) in [5, 5.41) is 18.1. The first-order chi connectivity index (χ1) is 7.91. The molecule has 0 aromatic rings. The highest BCUT2D eigenvalue weighted by atomic mass is 19.4. The maximum Gasteiger partial charge on any atom is 0.405 e. The molecule has 2 bridgehead atoms. The highest BCUT2D eigenvalue weighted by Gasteiger charge is 2.46. The highest BCUT2D eigenvalue weighted by molar-refractivity contribution is 4.99. The average Bonchev–Trinajstić information content (AvgIpc) is 2.45. The van der Waals surface area contributed by atoms with Crippen molar-refractivity contribution in [2.75, 3.05) is 6.54 Å². The molecule has 2 aliphatic rings. The van der Waals surface area contributed by atoms with Gasteiger partial charge in [-0.15, -0.1) is 0 Å². The molecule has 1 N–H and O–H groups in total. The second-order valence-corrected chi connectivity index (χ2v) is 4.93. The summed E-state index contributed by atoms with van der Waals surface area (Å²) in [7, 11) is 0. The Labute approximate surface area is 97.8 Å². The summed E-state index contributed by atoms with van der Waals surface area (Å²) < 4.78 is 37.6. The van der Waals surface area contributed by atoms with E-state index in [0.717, 1.165) is 12.8 Å². The van der Waals surface area contributed by atoms with Crippen molar-refractivity contribution in [2.45, 2.75) is 50.0 Å². The van der Waals surface area contributed by atoms with Gasteiger partial charge in [0.1, 0.15) is 0 Å². The fraction of sp³-hybridized carbons (Fsp3) is 0.909. The van der Waals surface area contributed by atoms with Gasteiger partial charge in [-0.1, -0.05) is 0 Å². The van der Waals surface area contributed by atoms with Gasteiger partial charge >= 0.3 is 6.18 Å². The lowest BCUT2D eigenvalue weighted by molar-refractivity contribution is -0.166. The third-order valence-corrected chi connectivity index (χ3v) is 3.80. The number of aliphatic hydroxyl groups excluding tert-OH is 1. The SMILES string of the molecule is N#CC(CN1C2CCC1CC(O)C2)C(F)(F)F. The number of hydrogen-bond donors (Lipinski definition) is 1. The van der Waals surface area contributed by atoms with Crippen molar-refractivity contribution in [3.8, 4) is 6.07 Å². The summed E-state index contributed by atoms with van der Waals surface area (Å²) in [5.41, 5.74) is 0. The molecule has 96 valence electrons. The van der Waals surface area contributed by atoms with Crippen LogP contribution in [0.3, 0.4) is 0 Å². The van der Waals surface area contributed by atoms with Gasteiger partial charge in [-0.3, -0.25) is 4.90 Å². The predicted octanol–water partition coefficient (Wildman–Crippen LogP) is 1.68.